The van der Waals surface area contributed by atoms with Gasteiger partial charge in [-0.15, -0.1) is 0 Å². The molecule has 0 amide bonds. The standard InChI is InChI=1S/C17H25NO2/c1-17(2)15(10-16(17)20-3)18-14-6-4-5-11-7-8-12(19)9-13(11)14/h7-9,14-16,18-19H,4-6,10H2,1-3H3. The molecule has 2 N–H and O–H groups in total. The lowest BCUT2D eigenvalue weighted by atomic mass is 9.64. The van der Waals surface area contributed by atoms with E-state index in [1.165, 1.54) is 17.5 Å². The highest BCUT2D eigenvalue weighted by Gasteiger charge is 2.49. The van der Waals surface area contributed by atoms with E-state index in [9.17, 15) is 5.11 Å². The van der Waals surface area contributed by atoms with Crippen molar-refractivity contribution in [1.29, 1.82) is 0 Å². The van der Waals surface area contributed by atoms with Crippen molar-refractivity contribution in [3.05, 3.63) is 29.3 Å². The normalized spacial score (nSPS) is 31.4. The van der Waals surface area contributed by atoms with Crippen LogP contribution in [0.3, 0.4) is 0 Å². The van der Waals surface area contributed by atoms with Gasteiger partial charge in [0.15, 0.2) is 0 Å². The lowest BCUT2D eigenvalue weighted by molar-refractivity contribution is -0.101. The minimum atomic E-state index is 0.184. The van der Waals surface area contributed by atoms with Gasteiger partial charge in [0.05, 0.1) is 6.10 Å². The number of fused-ring (bicyclic) bond motifs is 1. The Bertz CT molecular complexity index is 498. The van der Waals surface area contributed by atoms with E-state index >= 15 is 0 Å². The van der Waals surface area contributed by atoms with Gasteiger partial charge >= 0.3 is 0 Å². The van der Waals surface area contributed by atoms with Gasteiger partial charge in [0.1, 0.15) is 5.75 Å². The number of methoxy groups -OCH3 is 1. The van der Waals surface area contributed by atoms with Crippen molar-refractivity contribution in [2.45, 2.75) is 57.7 Å². The monoisotopic (exact) mass is 275 g/mol. The van der Waals surface area contributed by atoms with E-state index < -0.39 is 0 Å². The molecule has 20 heavy (non-hydrogen) atoms. The number of ether oxygens (including phenoxy) is 1. The summed E-state index contributed by atoms with van der Waals surface area (Å²) in [4.78, 5) is 0. The number of aromatic hydroxyl groups is 1. The zero-order chi connectivity index (χ0) is 14.3. The molecular weight excluding hydrogens is 250 g/mol. The van der Waals surface area contributed by atoms with Gasteiger partial charge in [-0.05, 0) is 48.9 Å². The van der Waals surface area contributed by atoms with Gasteiger partial charge in [-0.3, -0.25) is 0 Å². The van der Waals surface area contributed by atoms with Crippen LogP contribution in [-0.2, 0) is 11.2 Å². The van der Waals surface area contributed by atoms with Gasteiger partial charge in [-0.2, -0.15) is 0 Å². The second-order valence-corrected chi connectivity index (χ2v) is 6.83. The summed E-state index contributed by atoms with van der Waals surface area (Å²) in [5.41, 5.74) is 2.85. The van der Waals surface area contributed by atoms with Gasteiger partial charge in [0.2, 0.25) is 0 Å². The Labute approximate surface area is 121 Å². The van der Waals surface area contributed by atoms with Crippen molar-refractivity contribution in [1.82, 2.24) is 5.32 Å². The summed E-state index contributed by atoms with van der Waals surface area (Å²) in [6, 6.07) is 6.67. The van der Waals surface area contributed by atoms with Crippen LogP contribution in [0.2, 0.25) is 0 Å². The highest BCUT2D eigenvalue weighted by molar-refractivity contribution is 5.38. The minimum Gasteiger partial charge on any atom is -0.508 e. The van der Waals surface area contributed by atoms with Crippen molar-refractivity contribution >= 4 is 0 Å². The zero-order valence-electron chi connectivity index (χ0n) is 12.6. The fourth-order valence-corrected chi connectivity index (χ4v) is 3.77. The molecule has 3 heteroatoms. The van der Waals surface area contributed by atoms with Crippen molar-refractivity contribution in [3.8, 4) is 5.75 Å². The molecule has 0 spiro atoms. The summed E-state index contributed by atoms with van der Waals surface area (Å²) in [6.07, 6.45) is 4.93. The molecule has 2 aliphatic carbocycles. The van der Waals surface area contributed by atoms with Crippen LogP contribution < -0.4 is 5.32 Å². The fourth-order valence-electron chi connectivity index (χ4n) is 3.77. The number of phenols is 1. The summed E-state index contributed by atoms with van der Waals surface area (Å²) < 4.78 is 5.53. The number of rotatable bonds is 3. The van der Waals surface area contributed by atoms with Crippen LogP contribution in [0.25, 0.3) is 0 Å². The van der Waals surface area contributed by atoms with Crippen LogP contribution in [-0.4, -0.2) is 24.4 Å². The summed E-state index contributed by atoms with van der Waals surface area (Å²) in [5, 5.41) is 13.5. The first-order valence-corrected chi connectivity index (χ1v) is 7.63. The molecular formula is C17H25NO2. The maximum atomic E-state index is 9.75. The van der Waals surface area contributed by atoms with Crippen molar-refractivity contribution in [3.63, 3.8) is 0 Å². The molecule has 1 aromatic carbocycles. The van der Waals surface area contributed by atoms with Crippen LogP contribution in [0.4, 0.5) is 0 Å². The lowest BCUT2D eigenvalue weighted by Gasteiger charge is -2.53. The Morgan fingerprint density at radius 1 is 1.35 bits per heavy atom. The first kappa shape index (κ1) is 13.9. The van der Waals surface area contributed by atoms with E-state index in [-0.39, 0.29) is 5.41 Å². The van der Waals surface area contributed by atoms with Crippen molar-refractivity contribution in [2.75, 3.05) is 7.11 Å². The Morgan fingerprint density at radius 3 is 2.85 bits per heavy atom. The molecule has 0 bridgehead atoms. The molecule has 1 saturated carbocycles. The van der Waals surface area contributed by atoms with E-state index in [0.717, 1.165) is 19.3 Å². The maximum absolute atomic E-state index is 9.75. The second kappa shape index (κ2) is 5.05. The third-order valence-corrected chi connectivity index (χ3v) is 5.31. The first-order chi connectivity index (χ1) is 9.52. The summed E-state index contributed by atoms with van der Waals surface area (Å²) in [7, 11) is 1.80. The van der Waals surface area contributed by atoms with Gasteiger partial charge in [0.25, 0.3) is 0 Å². The Morgan fingerprint density at radius 2 is 2.15 bits per heavy atom. The number of benzene rings is 1. The number of nitrogens with one attached hydrogen (secondary N) is 1. The van der Waals surface area contributed by atoms with Crippen LogP contribution in [0.1, 0.15) is 50.3 Å². The van der Waals surface area contributed by atoms with Gasteiger partial charge in [-0.25, -0.2) is 0 Å². The lowest BCUT2D eigenvalue weighted by Crippen LogP contribution is -2.61. The van der Waals surface area contributed by atoms with Crippen LogP contribution in [0, 0.1) is 5.41 Å². The van der Waals surface area contributed by atoms with Crippen LogP contribution in [0.5, 0.6) is 5.75 Å². The second-order valence-electron chi connectivity index (χ2n) is 6.83. The summed E-state index contributed by atoms with van der Waals surface area (Å²) in [5.74, 6) is 0.375. The van der Waals surface area contributed by atoms with E-state index in [0.29, 0.717) is 23.9 Å². The SMILES string of the molecule is COC1CC(NC2CCCc3ccc(O)cc32)C1(C)C. The molecule has 3 nitrogen and oxygen atoms in total. The molecule has 3 unspecified atom stereocenters. The molecule has 0 radical (unpaired) electrons. The molecule has 3 rings (SSSR count). The van der Waals surface area contributed by atoms with Crippen molar-refractivity contribution < 1.29 is 9.84 Å². The predicted molar refractivity (Wildman–Crippen MR) is 79.9 cm³/mol. The quantitative estimate of drug-likeness (QED) is 0.890. The largest absolute Gasteiger partial charge is 0.508 e. The van der Waals surface area contributed by atoms with E-state index in [1.54, 1.807) is 13.2 Å². The molecule has 0 heterocycles. The molecule has 0 saturated heterocycles. The molecule has 1 aromatic rings. The summed E-state index contributed by atoms with van der Waals surface area (Å²) in [6.45, 7) is 4.54. The first-order valence-electron chi connectivity index (χ1n) is 7.63. The Kier molecular flexibility index (Phi) is 3.51. The molecule has 1 fully saturated rings. The maximum Gasteiger partial charge on any atom is 0.115 e. The Hall–Kier alpha value is -1.06. The number of hydrogen-bond acceptors (Lipinski definition) is 3. The Balaban J connectivity index is 1.76. The van der Waals surface area contributed by atoms with Crippen LogP contribution >= 0.6 is 0 Å². The molecule has 0 aliphatic heterocycles. The van der Waals surface area contributed by atoms with Gasteiger partial charge in [-0.1, -0.05) is 19.9 Å². The van der Waals surface area contributed by atoms with Gasteiger partial charge < -0.3 is 15.2 Å². The summed E-state index contributed by atoms with van der Waals surface area (Å²) >= 11 is 0. The van der Waals surface area contributed by atoms with E-state index in [2.05, 4.69) is 25.2 Å². The third kappa shape index (κ3) is 2.23. The fraction of sp³-hybridized carbons (Fsp3) is 0.647. The minimum absolute atomic E-state index is 0.184. The molecule has 110 valence electrons. The number of aryl methyl sites for hydroxylation is 1. The average Bonchev–Trinajstić information content (AvgIpc) is 2.43. The smallest absolute Gasteiger partial charge is 0.115 e. The van der Waals surface area contributed by atoms with E-state index in [4.69, 9.17) is 4.74 Å². The van der Waals surface area contributed by atoms with E-state index in [1.807, 2.05) is 6.07 Å². The highest BCUT2D eigenvalue weighted by Crippen LogP contribution is 2.44. The predicted octanol–water partition coefficient (Wildman–Crippen LogP) is 3.17. The molecule has 2 aliphatic rings. The number of phenolic OH excluding ortho intramolecular Hbond substituents is 1. The number of hydrogen-bond donors (Lipinski definition) is 2. The topological polar surface area (TPSA) is 41.5 Å². The van der Waals surface area contributed by atoms with Gasteiger partial charge in [0, 0.05) is 24.6 Å². The van der Waals surface area contributed by atoms with Crippen molar-refractivity contribution in [2.24, 2.45) is 5.41 Å². The van der Waals surface area contributed by atoms with Crippen LogP contribution in [0.15, 0.2) is 18.2 Å². The molecule has 3 atom stereocenters. The zero-order valence-corrected chi connectivity index (χ0v) is 12.6. The highest BCUT2D eigenvalue weighted by atomic mass is 16.5. The average molecular weight is 275 g/mol. The third-order valence-electron chi connectivity index (χ3n) is 5.31. The molecule has 0 aromatic heterocycles.